The summed E-state index contributed by atoms with van der Waals surface area (Å²) in [6.07, 6.45) is 3.78. The van der Waals surface area contributed by atoms with E-state index in [4.69, 9.17) is 11.6 Å². The summed E-state index contributed by atoms with van der Waals surface area (Å²) in [5, 5.41) is 0.339. The van der Waals surface area contributed by atoms with Gasteiger partial charge in [-0.25, -0.2) is 9.97 Å². The third kappa shape index (κ3) is 1.62. The Morgan fingerprint density at radius 1 is 1.42 bits per heavy atom. The molecule has 0 N–H and O–H groups in total. The van der Waals surface area contributed by atoms with Gasteiger partial charge in [-0.3, -0.25) is 0 Å². The molecule has 2 rings (SSSR count). The van der Waals surface area contributed by atoms with Crippen LogP contribution in [0.1, 0.15) is 30.9 Å². The number of aromatic nitrogens is 2. The van der Waals surface area contributed by atoms with Crippen molar-refractivity contribution >= 4 is 27.5 Å². The lowest BCUT2D eigenvalue weighted by Crippen LogP contribution is -2.10. The Morgan fingerprint density at radius 2 is 2.17 bits per heavy atom. The van der Waals surface area contributed by atoms with E-state index < -0.39 is 0 Å². The van der Waals surface area contributed by atoms with Crippen LogP contribution in [0, 0.1) is 0 Å². The van der Waals surface area contributed by atoms with Crippen LogP contribution >= 0.6 is 27.5 Å². The number of rotatable bonds is 1. The molecule has 0 unspecified atom stereocenters. The van der Waals surface area contributed by atoms with Crippen LogP contribution in [0.25, 0.3) is 0 Å². The van der Waals surface area contributed by atoms with E-state index in [0.717, 1.165) is 10.3 Å². The predicted octanol–water partition coefficient (Wildman–Crippen LogP) is 3.16. The molecule has 1 aromatic rings. The molecule has 12 heavy (non-hydrogen) atoms. The minimum atomic E-state index is 0.339. The maximum absolute atomic E-state index is 5.72. The third-order valence-electron chi connectivity index (χ3n) is 2.21. The lowest BCUT2D eigenvalue weighted by atomic mass is 9.83. The van der Waals surface area contributed by atoms with Crippen LogP contribution in [0.5, 0.6) is 0 Å². The van der Waals surface area contributed by atoms with Crippen molar-refractivity contribution in [3.8, 4) is 0 Å². The van der Waals surface area contributed by atoms with Crippen molar-refractivity contribution in [1.82, 2.24) is 9.97 Å². The van der Waals surface area contributed by atoms with Gasteiger partial charge in [-0.2, -0.15) is 0 Å². The van der Waals surface area contributed by atoms with E-state index in [2.05, 4.69) is 25.9 Å². The van der Waals surface area contributed by atoms with E-state index in [1.807, 2.05) is 6.07 Å². The molecule has 4 heteroatoms. The second-order valence-electron chi connectivity index (χ2n) is 3.01. The van der Waals surface area contributed by atoms with Gasteiger partial charge in [0.05, 0.1) is 0 Å². The Morgan fingerprint density at radius 3 is 2.67 bits per heavy atom. The molecule has 0 radical (unpaired) electrons. The zero-order valence-corrected chi connectivity index (χ0v) is 8.77. The van der Waals surface area contributed by atoms with Gasteiger partial charge in [-0.1, -0.05) is 6.42 Å². The van der Waals surface area contributed by atoms with Crippen molar-refractivity contribution in [1.29, 1.82) is 0 Å². The lowest BCUT2D eigenvalue weighted by Gasteiger charge is -2.24. The fourth-order valence-electron chi connectivity index (χ4n) is 1.32. The molecular weight excluding hydrogens is 239 g/mol. The monoisotopic (exact) mass is 246 g/mol. The van der Waals surface area contributed by atoms with Gasteiger partial charge in [0.1, 0.15) is 4.60 Å². The lowest BCUT2D eigenvalue weighted by molar-refractivity contribution is 0.410. The summed E-state index contributed by atoms with van der Waals surface area (Å²) in [6, 6.07) is 1.95. The highest BCUT2D eigenvalue weighted by Gasteiger charge is 2.21. The molecule has 1 aromatic heterocycles. The first kappa shape index (κ1) is 8.45. The van der Waals surface area contributed by atoms with E-state index in [9.17, 15) is 0 Å². The van der Waals surface area contributed by atoms with Crippen molar-refractivity contribution in [2.45, 2.75) is 25.2 Å². The summed E-state index contributed by atoms with van der Waals surface area (Å²) in [4.78, 5) is 8.13. The van der Waals surface area contributed by atoms with Crippen molar-refractivity contribution in [2.75, 3.05) is 0 Å². The molecule has 64 valence electrons. The Balaban J connectivity index is 2.30. The summed E-state index contributed by atoms with van der Waals surface area (Å²) in [7, 11) is 0. The van der Waals surface area contributed by atoms with Crippen LogP contribution in [-0.2, 0) is 0 Å². The molecule has 2 nitrogen and oxygen atoms in total. The first-order valence-corrected chi connectivity index (χ1v) is 5.13. The van der Waals surface area contributed by atoms with Crippen molar-refractivity contribution in [2.24, 2.45) is 0 Å². The molecule has 0 amide bonds. The zero-order valence-electron chi connectivity index (χ0n) is 6.43. The zero-order chi connectivity index (χ0) is 8.55. The highest BCUT2D eigenvalue weighted by molar-refractivity contribution is 9.10. The molecule has 1 fully saturated rings. The Labute approximate surface area is 84.5 Å². The first-order chi connectivity index (χ1) is 5.75. The van der Waals surface area contributed by atoms with E-state index in [-0.39, 0.29) is 0 Å². The van der Waals surface area contributed by atoms with Gasteiger partial charge in [0.25, 0.3) is 0 Å². The average molecular weight is 248 g/mol. The smallest absolute Gasteiger partial charge is 0.223 e. The van der Waals surface area contributed by atoms with Crippen molar-refractivity contribution in [3.05, 3.63) is 21.6 Å². The molecule has 0 spiro atoms. The van der Waals surface area contributed by atoms with Gasteiger partial charge in [-0.05, 0) is 46.4 Å². The van der Waals surface area contributed by atoms with Gasteiger partial charge < -0.3 is 0 Å². The van der Waals surface area contributed by atoms with Crippen LogP contribution in [0.4, 0.5) is 0 Å². The number of hydrogen-bond acceptors (Lipinski definition) is 2. The van der Waals surface area contributed by atoms with Crippen molar-refractivity contribution < 1.29 is 0 Å². The van der Waals surface area contributed by atoms with E-state index >= 15 is 0 Å². The van der Waals surface area contributed by atoms with Crippen molar-refractivity contribution in [3.63, 3.8) is 0 Å². The highest BCUT2D eigenvalue weighted by atomic mass is 79.9. The molecular formula is C8H8BrClN2. The van der Waals surface area contributed by atoms with Gasteiger partial charge in [0.15, 0.2) is 0 Å². The Hall–Kier alpha value is -0.150. The van der Waals surface area contributed by atoms with Gasteiger partial charge in [0.2, 0.25) is 5.28 Å². The summed E-state index contributed by atoms with van der Waals surface area (Å²) < 4.78 is 0.782. The summed E-state index contributed by atoms with van der Waals surface area (Å²) in [5.74, 6) is 0.613. The number of halogens is 2. The second-order valence-corrected chi connectivity index (χ2v) is 4.16. The molecule has 0 atom stereocenters. The predicted molar refractivity (Wildman–Crippen MR) is 51.3 cm³/mol. The maximum atomic E-state index is 5.72. The summed E-state index contributed by atoms with van der Waals surface area (Å²) in [5.41, 5.74) is 1.08. The number of hydrogen-bond donors (Lipinski definition) is 0. The van der Waals surface area contributed by atoms with Crippen LogP contribution in [0.2, 0.25) is 5.28 Å². The van der Waals surface area contributed by atoms with Crippen LogP contribution < -0.4 is 0 Å². The standard InChI is InChI=1S/C8H8BrClN2/c9-7-4-6(5-2-1-3-5)11-8(10)12-7/h4-5H,1-3H2. The van der Waals surface area contributed by atoms with Gasteiger partial charge in [-0.15, -0.1) is 0 Å². The van der Waals surface area contributed by atoms with Crippen LogP contribution in [0.15, 0.2) is 10.7 Å². The number of nitrogens with zero attached hydrogens (tertiary/aromatic N) is 2. The van der Waals surface area contributed by atoms with Gasteiger partial charge in [0, 0.05) is 11.6 Å². The normalized spacial score (nSPS) is 17.5. The van der Waals surface area contributed by atoms with E-state index in [0.29, 0.717) is 11.2 Å². The molecule has 1 aliphatic rings. The third-order valence-corrected chi connectivity index (χ3v) is 2.79. The van der Waals surface area contributed by atoms with Crippen LogP contribution in [-0.4, -0.2) is 9.97 Å². The Kier molecular flexibility index (Phi) is 2.33. The first-order valence-electron chi connectivity index (χ1n) is 3.95. The maximum Gasteiger partial charge on any atom is 0.223 e. The molecule has 0 bridgehead atoms. The topological polar surface area (TPSA) is 25.8 Å². The highest BCUT2D eigenvalue weighted by Crippen LogP contribution is 2.36. The fraction of sp³-hybridized carbons (Fsp3) is 0.500. The van der Waals surface area contributed by atoms with E-state index in [1.165, 1.54) is 19.3 Å². The minimum Gasteiger partial charge on any atom is -0.223 e. The second kappa shape index (κ2) is 3.30. The van der Waals surface area contributed by atoms with E-state index in [1.54, 1.807) is 0 Å². The minimum absolute atomic E-state index is 0.339. The molecule has 0 saturated heterocycles. The quantitative estimate of drug-likeness (QED) is 0.563. The fourth-order valence-corrected chi connectivity index (χ4v) is 2.01. The van der Waals surface area contributed by atoms with Gasteiger partial charge >= 0.3 is 0 Å². The Bertz CT molecular complexity index is 279. The molecule has 1 heterocycles. The molecule has 1 saturated carbocycles. The summed E-state index contributed by atoms with van der Waals surface area (Å²) >= 11 is 9.02. The SMILES string of the molecule is Clc1nc(Br)cc(C2CCC2)n1. The molecule has 1 aliphatic carbocycles. The largest absolute Gasteiger partial charge is 0.223 e. The van der Waals surface area contributed by atoms with Crippen LogP contribution in [0.3, 0.4) is 0 Å². The molecule has 0 aromatic carbocycles. The molecule has 0 aliphatic heterocycles. The average Bonchev–Trinajstić information content (AvgIpc) is 1.79. The summed E-state index contributed by atoms with van der Waals surface area (Å²) in [6.45, 7) is 0.